The molecular formula is C45H66F2N5O5+. The van der Waals surface area contributed by atoms with Gasteiger partial charge in [-0.15, -0.1) is 0 Å². The molecule has 2 aromatic carbocycles. The van der Waals surface area contributed by atoms with Crippen molar-refractivity contribution >= 4 is 23.8 Å². The summed E-state index contributed by atoms with van der Waals surface area (Å²) in [5.74, 6) is -3.16. The SMILES string of the molecule is CCNC(=O)[C@@H]1C[C@H](N(C(=O)C(C)(C)CNC(=O)OCc2ccccc2)C2CCC(C)(C)CC2)C[N+]1(CC)C(=O)[C@@H]1CN(C(C)(C)C)C[C@H]1c1ccc(F)cc1F. The molecule has 0 spiro atoms. The summed E-state index contributed by atoms with van der Waals surface area (Å²) < 4.78 is 35.0. The van der Waals surface area contributed by atoms with E-state index in [1.54, 1.807) is 0 Å². The van der Waals surface area contributed by atoms with E-state index in [1.807, 2.05) is 62.9 Å². The number of rotatable bonds is 12. The van der Waals surface area contributed by atoms with Crippen molar-refractivity contribution in [2.75, 3.05) is 39.3 Å². The quantitative estimate of drug-likeness (QED) is 0.221. The molecule has 2 aromatic rings. The number of hydrogen-bond donors (Lipinski definition) is 2. The molecule has 1 aliphatic carbocycles. The van der Waals surface area contributed by atoms with Crippen LogP contribution in [0.1, 0.15) is 111 Å². The van der Waals surface area contributed by atoms with Crippen molar-refractivity contribution in [3.05, 3.63) is 71.3 Å². The summed E-state index contributed by atoms with van der Waals surface area (Å²) in [7, 11) is 0. The Morgan fingerprint density at radius 1 is 0.930 bits per heavy atom. The molecule has 4 amide bonds. The Labute approximate surface area is 338 Å². The van der Waals surface area contributed by atoms with Crippen LogP contribution in [-0.2, 0) is 25.7 Å². The van der Waals surface area contributed by atoms with Crippen molar-refractivity contribution in [2.24, 2.45) is 16.7 Å². The minimum Gasteiger partial charge on any atom is -0.445 e. The van der Waals surface area contributed by atoms with Crippen LogP contribution in [-0.4, -0.2) is 101 Å². The van der Waals surface area contributed by atoms with Crippen molar-refractivity contribution in [1.82, 2.24) is 20.4 Å². The molecule has 0 aromatic heterocycles. The second kappa shape index (κ2) is 17.5. The van der Waals surface area contributed by atoms with Crippen LogP contribution in [0.3, 0.4) is 0 Å². The fourth-order valence-corrected chi connectivity index (χ4v) is 9.45. The summed E-state index contributed by atoms with van der Waals surface area (Å²) >= 11 is 0. The summed E-state index contributed by atoms with van der Waals surface area (Å²) in [6, 6.07) is 11.6. The maximum Gasteiger partial charge on any atom is 0.407 e. The van der Waals surface area contributed by atoms with E-state index in [2.05, 4.69) is 50.2 Å². The number of nitrogens with one attached hydrogen (secondary N) is 2. The molecular weight excluding hydrogens is 729 g/mol. The number of hydrogen-bond acceptors (Lipinski definition) is 6. The van der Waals surface area contributed by atoms with Crippen LogP contribution in [0.5, 0.6) is 0 Å². The van der Waals surface area contributed by atoms with E-state index in [9.17, 15) is 14.0 Å². The van der Waals surface area contributed by atoms with Crippen LogP contribution in [0.25, 0.3) is 0 Å². The van der Waals surface area contributed by atoms with Gasteiger partial charge in [-0.2, -0.15) is 0 Å². The lowest BCUT2D eigenvalue weighted by atomic mass is 9.74. The molecule has 3 aliphatic rings. The molecule has 5 atom stereocenters. The monoisotopic (exact) mass is 795 g/mol. The van der Waals surface area contributed by atoms with Crippen molar-refractivity contribution < 1.29 is 37.2 Å². The normalized spacial score (nSPS) is 25.5. The van der Waals surface area contributed by atoms with E-state index < -0.39 is 47.1 Å². The van der Waals surface area contributed by atoms with Crippen molar-refractivity contribution in [3.8, 4) is 0 Å². The molecule has 2 heterocycles. The van der Waals surface area contributed by atoms with E-state index >= 15 is 14.0 Å². The topological polar surface area (TPSA) is 108 Å². The highest BCUT2D eigenvalue weighted by molar-refractivity contribution is 5.86. The number of benzene rings is 2. The number of ether oxygens (including phenoxy) is 1. The Bertz CT molecular complexity index is 1750. The number of alkyl carbamates (subject to hydrolysis) is 1. The molecule has 1 unspecified atom stereocenters. The summed E-state index contributed by atoms with van der Waals surface area (Å²) in [6.45, 7) is 19.8. The first-order chi connectivity index (χ1) is 26.7. The van der Waals surface area contributed by atoms with Gasteiger partial charge < -0.3 is 20.3 Å². The van der Waals surface area contributed by atoms with Gasteiger partial charge in [0.1, 0.15) is 24.8 Å². The highest BCUT2D eigenvalue weighted by Gasteiger charge is 2.61. The fourth-order valence-electron chi connectivity index (χ4n) is 9.45. The third kappa shape index (κ3) is 9.87. The average Bonchev–Trinajstić information content (AvgIpc) is 3.78. The Hall–Kier alpha value is -3.90. The molecule has 10 nitrogen and oxygen atoms in total. The maximum atomic E-state index is 15.6. The third-order valence-corrected chi connectivity index (χ3v) is 13.0. The second-order valence-corrected chi connectivity index (χ2v) is 19.0. The molecule has 3 fully saturated rings. The maximum absolute atomic E-state index is 15.6. The van der Waals surface area contributed by atoms with Gasteiger partial charge in [-0.25, -0.2) is 22.9 Å². The zero-order valence-electron chi connectivity index (χ0n) is 35.6. The third-order valence-electron chi connectivity index (χ3n) is 13.0. The first kappa shape index (κ1) is 44.2. The molecule has 314 valence electrons. The van der Waals surface area contributed by atoms with Gasteiger partial charge in [0.25, 0.3) is 5.91 Å². The number of carbonyl (C=O) groups excluding carboxylic acids is 4. The molecule has 2 aliphatic heterocycles. The predicted octanol–water partition coefficient (Wildman–Crippen LogP) is 7.17. The largest absolute Gasteiger partial charge is 0.445 e. The van der Waals surface area contributed by atoms with Crippen LogP contribution in [0.2, 0.25) is 0 Å². The number of likely N-dealkylation sites (tertiary alicyclic amines) is 2. The predicted molar refractivity (Wildman–Crippen MR) is 217 cm³/mol. The van der Waals surface area contributed by atoms with Crippen LogP contribution in [0.15, 0.2) is 48.5 Å². The lowest BCUT2D eigenvalue weighted by Gasteiger charge is -2.45. The van der Waals surface area contributed by atoms with Gasteiger partial charge in [0.2, 0.25) is 5.91 Å². The molecule has 0 radical (unpaired) electrons. The highest BCUT2D eigenvalue weighted by atomic mass is 19.1. The summed E-state index contributed by atoms with van der Waals surface area (Å²) in [4.78, 5) is 61.7. The molecule has 2 saturated heterocycles. The molecule has 5 rings (SSSR count). The van der Waals surface area contributed by atoms with Crippen molar-refractivity contribution in [2.45, 2.75) is 131 Å². The average molecular weight is 795 g/mol. The van der Waals surface area contributed by atoms with E-state index in [-0.39, 0.29) is 65.3 Å². The molecule has 57 heavy (non-hydrogen) atoms. The fraction of sp³-hybridized carbons (Fsp3) is 0.644. The number of nitrogens with zero attached hydrogens (tertiary/aromatic N) is 3. The first-order valence-corrected chi connectivity index (χ1v) is 20.9. The molecule has 2 N–H and O–H groups in total. The minimum atomic E-state index is -1.04. The zero-order valence-corrected chi connectivity index (χ0v) is 35.6. The van der Waals surface area contributed by atoms with Gasteiger partial charge in [0.05, 0.1) is 23.9 Å². The summed E-state index contributed by atoms with van der Waals surface area (Å²) in [5, 5.41) is 5.81. The highest BCUT2D eigenvalue weighted by Crippen LogP contribution is 2.45. The van der Waals surface area contributed by atoms with Crippen molar-refractivity contribution in [1.29, 1.82) is 0 Å². The van der Waals surface area contributed by atoms with Gasteiger partial charge in [-0.05, 0) is 96.8 Å². The van der Waals surface area contributed by atoms with E-state index in [4.69, 9.17) is 4.74 Å². The Balaban J connectivity index is 1.49. The molecule has 12 heteroatoms. The minimum absolute atomic E-state index is 0.0307. The van der Waals surface area contributed by atoms with Gasteiger partial charge in [-0.3, -0.25) is 14.5 Å². The smallest absolute Gasteiger partial charge is 0.407 e. The lowest BCUT2D eigenvalue weighted by Crippen LogP contribution is -2.64. The van der Waals surface area contributed by atoms with E-state index in [0.717, 1.165) is 37.3 Å². The van der Waals surface area contributed by atoms with Gasteiger partial charge in [0, 0.05) is 56.2 Å². The second-order valence-electron chi connectivity index (χ2n) is 19.0. The van der Waals surface area contributed by atoms with E-state index in [0.29, 0.717) is 31.7 Å². The van der Waals surface area contributed by atoms with Gasteiger partial charge in [-0.1, -0.05) is 50.2 Å². The first-order valence-electron chi connectivity index (χ1n) is 20.9. The van der Waals surface area contributed by atoms with E-state index in [1.165, 1.54) is 12.1 Å². The zero-order chi connectivity index (χ0) is 41.9. The number of carbonyl (C=O) groups is 4. The van der Waals surface area contributed by atoms with Crippen LogP contribution in [0, 0.1) is 28.4 Å². The van der Waals surface area contributed by atoms with Crippen LogP contribution in [0.4, 0.5) is 13.6 Å². The van der Waals surface area contributed by atoms with Gasteiger partial charge in [0.15, 0.2) is 6.04 Å². The van der Waals surface area contributed by atoms with Crippen molar-refractivity contribution in [3.63, 3.8) is 0 Å². The van der Waals surface area contributed by atoms with Crippen LogP contribution < -0.4 is 10.6 Å². The molecule has 0 bridgehead atoms. The lowest BCUT2D eigenvalue weighted by molar-refractivity contribution is -0.858. The standard InChI is InChI=1S/C45H65F2N5O5/c1-10-48-39(53)38-24-33(27-52(38,11-2)40(54)36-26-50(43(3,4)5)25-35(36)34-18-17-31(46)23-37(34)47)51(32-19-21-44(6,7)22-20-32)41(55)45(8,9)29-49-42(56)57-28-30-15-13-12-14-16-30/h12-18,23,32-33,35-36,38H,10-11,19-22,24-29H2,1-9H3,(H-,48,49,53,56)/p+1/t33-,35-,36+,38-,52?/m0/s1. The molecule has 1 saturated carbocycles. The number of amides is 4. The van der Waals surface area contributed by atoms with Gasteiger partial charge >= 0.3 is 12.0 Å². The Kier molecular flexibility index (Phi) is 13.6. The number of quaternary nitrogens is 1. The Morgan fingerprint density at radius 3 is 2.19 bits per heavy atom. The summed E-state index contributed by atoms with van der Waals surface area (Å²) in [5.41, 5.74) is -0.117. The number of likely N-dealkylation sites (N-methyl/N-ethyl adjacent to an activating group) is 2. The Morgan fingerprint density at radius 2 is 1.60 bits per heavy atom. The van der Waals surface area contributed by atoms with Crippen LogP contribution >= 0.6 is 0 Å². The number of halogens is 2. The summed E-state index contributed by atoms with van der Waals surface area (Å²) in [6.07, 6.45) is 3.05.